The monoisotopic (exact) mass is 348 g/mol. The Balaban J connectivity index is 1.84. The Hall–Kier alpha value is -1.88. The van der Waals surface area contributed by atoms with Crippen LogP contribution in [0.25, 0.3) is 0 Å². The molecule has 1 aromatic heterocycles. The number of hydrogen-bond acceptors (Lipinski definition) is 3. The summed E-state index contributed by atoms with van der Waals surface area (Å²) in [6, 6.07) is 11.3. The second-order valence-corrected chi connectivity index (χ2v) is 5.84. The van der Waals surface area contributed by atoms with Crippen molar-refractivity contribution < 1.29 is 9.53 Å². The van der Waals surface area contributed by atoms with Gasteiger partial charge in [0.25, 0.3) is 5.91 Å². The van der Waals surface area contributed by atoms with Crippen molar-refractivity contribution in [2.24, 2.45) is 0 Å². The maximum atomic E-state index is 11.8. The van der Waals surface area contributed by atoms with Crippen LogP contribution in [0.15, 0.2) is 47.1 Å². The number of nitrogens with one attached hydrogen (secondary N) is 1. The van der Waals surface area contributed by atoms with Gasteiger partial charge in [-0.3, -0.25) is 4.79 Å². The number of benzene rings is 1. The fraction of sp³-hybridized carbons (Fsp3) is 0.250. The third kappa shape index (κ3) is 4.86. The van der Waals surface area contributed by atoms with Gasteiger partial charge in [-0.15, -0.1) is 0 Å². The van der Waals surface area contributed by atoms with Crippen LogP contribution in [0.2, 0.25) is 0 Å². The normalized spacial score (nSPS) is 10.5. The van der Waals surface area contributed by atoms with Crippen molar-refractivity contribution in [3.63, 3.8) is 0 Å². The Morgan fingerprint density at radius 2 is 1.95 bits per heavy atom. The van der Waals surface area contributed by atoms with E-state index >= 15 is 0 Å². The molecule has 5 heteroatoms. The van der Waals surface area contributed by atoms with Gasteiger partial charge in [0.15, 0.2) is 6.61 Å². The summed E-state index contributed by atoms with van der Waals surface area (Å²) in [6.07, 6.45) is 1.63. The Kier molecular flexibility index (Phi) is 5.33. The summed E-state index contributed by atoms with van der Waals surface area (Å²) in [6.45, 7) is 4.22. The molecular weight excluding hydrogens is 332 g/mol. The number of rotatable bonds is 5. The van der Waals surface area contributed by atoms with Crippen molar-refractivity contribution in [3.05, 3.63) is 52.6 Å². The number of pyridine rings is 1. The highest BCUT2D eigenvalue weighted by Gasteiger charge is 2.05. The first-order chi connectivity index (χ1) is 10.0. The molecule has 110 valence electrons. The molecule has 21 heavy (non-hydrogen) atoms. The summed E-state index contributed by atoms with van der Waals surface area (Å²) in [5.41, 5.74) is 1.24. The van der Waals surface area contributed by atoms with Crippen LogP contribution in [0.5, 0.6) is 5.75 Å². The van der Waals surface area contributed by atoms with Gasteiger partial charge in [0.2, 0.25) is 0 Å². The van der Waals surface area contributed by atoms with E-state index in [-0.39, 0.29) is 12.5 Å². The summed E-state index contributed by atoms with van der Waals surface area (Å²) in [5, 5.41) is 2.67. The summed E-state index contributed by atoms with van der Waals surface area (Å²) < 4.78 is 6.31. The van der Waals surface area contributed by atoms with Crippen LogP contribution in [0.1, 0.15) is 25.3 Å². The van der Waals surface area contributed by atoms with Gasteiger partial charge in [-0.05, 0) is 51.7 Å². The number of amides is 1. The Morgan fingerprint density at radius 1 is 1.24 bits per heavy atom. The van der Waals surface area contributed by atoms with Gasteiger partial charge >= 0.3 is 0 Å². The molecule has 0 bridgehead atoms. The van der Waals surface area contributed by atoms with E-state index in [1.165, 1.54) is 5.56 Å². The lowest BCUT2D eigenvalue weighted by molar-refractivity contribution is -0.118. The second-order valence-electron chi connectivity index (χ2n) is 4.92. The highest BCUT2D eigenvalue weighted by Crippen LogP contribution is 2.18. The van der Waals surface area contributed by atoms with Crippen LogP contribution in [0, 0.1) is 0 Å². The van der Waals surface area contributed by atoms with Crippen LogP contribution in [-0.2, 0) is 4.79 Å². The maximum absolute atomic E-state index is 11.8. The summed E-state index contributed by atoms with van der Waals surface area (Å²) in [7, 11) is 0. The highest BCUT2D eigenvalue weighted by molar-refractivity contribution is 9.10. The third-order valence-electron chi connectivity index (χ3n) is 2.91. The Bertz CT molecular complexity index is 595. The number of anilines is 1. The van der Waals surface area contributed by atoms with E-state index in [0.717, 1.165) is 4.47 Å². The third-order valence-corrected chi connectivity index (χ3v) is 3.38. The first-order valence-electron chi connectivity index (χ1n) is 6.69. The minimum absolute atomic E-state index is 0.0429. The fourth-order valence-corrected chi connectivity index (χ4v) is 1.96. The minimum atomic E-state index is -0.238. The maximum Gasteiger partial charge on any atom is 0.263 e. The zero-order valence-corrected chi connectivity index (χ0v) is 13.6. The predicted molar refractivity (Wildman–Crippen MR) is 86.6 cm³/mol. The molecule has 1 amide bonds. The molecule has 1 heterocycles. The molecule has 1 N–H and O–H groups in total. The molecule has 0 aliphatic heterocycles. The van der Waals surface area contributed by atoms with E-state index in [9.17, 15) is 4.79 Å². The molecule has 0 spiro atoms. The van der Waals surface area contributed by atoms with Crippen molar-refractivity contribution in [1.29, 1.82) is 0 Å². The van der Waals surface area contributed by atoms with Crippen molar-refractivity contribution in [1.82, 2.24) is 4.98 Å². The van der Waals surface area contributed by atoms with E-state index in [1.54, 1.807) is 12.3 Å². The van der Waals surface area contributed by atoms with Crippen molar-refractivity contribution in [3.8, 4) is 5.75 Å². The van der Waals surface area contributed by atoms with Crippen LogP contribution in [0.4, 0.5) is 5.82 Å². The highest BCUT2D eigenvalue weighted by atomic mass is 79.9. The number of aromatic nitrogens is 1. The summed E-state index contributed by atoms with van der Waals surface area (Å²) >= 11 is 3.29. The summed E-state index contributed by atoms with van der Waals surface area (Å²) in [5.74, 6) is 1.42. The van der Waals surface area contributed by atoms with Crippen LogP contribution in [-0.4, -0.2) is 17.5 Å². The first kappa shape index (κ1) is 15.5. The quantitative estimate of drug-likeness (QED) is 0.888. The van der Waals surface area contributed by atoms with Crippen LogP contribution in [0.3, 0.4) is 0 Å². The van der Waals surface area contributed by atoms with Gasteiger partial charge in [0.1, 0.15) is 11.6 Å². The van der Waals surface area contributed by atoms with Crippen LogP contribution < -0.4 is 10.1 Å². The van der Waals surface area contributed by atoms with E-state index in [2.05, 4.69) is 40.1 Å². The van der Waals surface area contributed by atoms with Gasteiger partial charge in [0.05, 0.1) is 0 Å². The molecule has 1 aromatic carbocycles. The van der Waals surface area contributed by atoms with Gasteiger partial charge in [-0.1, -0.05) is 26.0 Å². The summed E-state index contributed by atoms with van der Waals surface area (Å²) in [4.78, 5) is 15.8. The largest absolute Gasteiger partial charge is 0.484 e. The molecule has 4 nitrogen and oxygen atoms in total. The number of nitrogens with zero attached hydrogens (tertiary/aromatic N) is 1. The van der Waals surface area contributed by atoms with Gasteiger partial charge in [0, 0.05) is 10.7 Å². The predicted octanol–water partition coefficient (Wildman–Crippen LogP) is 3.99. The molecular formula is C16H17BrN2O2. The molecule has 0 aliphatic rings. The minimum Gasteiger partial charge on any atom is -0.484 e. The molecule has 0 radical (unpaired) electrons. The second kappa shape index (κ2) is 7.22. The number of hydrogen-bond donors (Lipinski definition) is 1. The Morgan fingerprint density at radius 3 is 2.52 bits per heavy atom. The average molecular weight is 349 g/mol. The number of halogens is 1. The van der Waals surface area contributed by atoms with Crippen molar-refractivity contribution >= 4 is 27.7 Å². The smallest absolute Gasteiger partial charge is 0.263 e. The molecule has 2 aromatic rings. The molecule has 2 rings (SSSR count). The van der Waals surface area contributed by atoms with Crippen molar-refractivity contribution in [2.45, 2.75) is 19.8 Å². The fourth-order valence-electron chi connectivity index (χ4n) is 1.73. The number of carbonyl (C=O) groups is 1. The average Bonchev–Trinajstić information content (AvgIpc) is 2.48. The molecule has 0 aliphatic carbocycles. The standard InChI is InChI=1S/C16H17BrN2O2/c1-11(2)12-3-6-14(7-4-12)21-10-16(20)19-15-8-5-13(17)9-18-15/h3-9,11H,10H2,1-2H3,(H,18,19,20). The van der Waals surface area contributed by atoms with E-state index in [0.29, 0.717) is 17.5 Å². The van der Waals surface area contributed by atoms with Gasteiger partial charge in [-0.2, -0.15) is 0 Å². The van der Waals surface area contributed by atoms with Gasteiger partial charge in [-0.25, -0.2) is 4.98 Å². The molecule has 0 saturated carbocycles. The topological polar surface area (TPSA) is 51.2 Å². The lowest BCUT2D eigenvalue weighted by Gasteiger charge is -2.09. The van der Waals surface area contributed by atoms with E-state index in [4.69, 9.17) is 4.74 Å². The zero-order chi connectivity index (χ0) is 15.2. The van der Waals surface area contributed by atoms with Gasteiger partial charge < -0.3 is 10.1 Å². The van der Waals surface area contributed by atoms with E-state index < -0.39 is 0 Å². The number of ether oxygens (including phenoxy) is 1. The van der Waals surface area contributed by atoms with E-state index in [1.807, 2.05) is 30.3 Å². The zero-order valence-electron chi connectivity index (χ0n) is 12.0. The molecule has 0 unspecified atom stereocenters. The number of carbonyl (C=O) groups excluding carboxylic acids is 1. The SMILES string of the molecule is CC(C)c1ccc(OCC(=O)Nc2ccc(Br)cn2)cc1. The molecule has 0 saturated heterocycles. The lowest BCUT2D eigenvalue weighted by atomic mass is 10.0. The molecule has 0 fully saturated rings. The van der Waals surface area contributed by atoms with Crippen LogP contribution >= 0.6 is 15.9 Å². The molecule has 0 atom stereocenters. The Labute approximate surface area is 132 Å². The van der Waals surface area contributed by atoms with Crippen molar-refractivity contribution in [2.75, 3.05) is 11.9 Å². The first-order valence-corrected chi connectivity index (χ1v) is 7.48. The lowest BCUT2D eigenvalue weighted by Crippen LogP contribution is -2.20.